The van der Waals surface area contributed by atoms with E-state index in [1.165, 1.54) is 0 Å². The van der Waals surface area contributed by atoms with Gasteiger partial charge in [0.05, 0.1) is 19.1 Å². The summed E-state index contributed by atoms with van der Waals surface area (Å²) in [6.07, 6.45) is 0.151. The Hall–Kier alpha value is -2.12. The van der Waals surface area contributed by atoms with Crippen LogP contribution in [0.1, 0.15) is 6.42 Å². The summed E-state index contributed by atoms with van der Waals surface area (Å²) in [7, 11) is 0. The van der Waals surface area contributed by atoms with E-state index < -0.39 is 12.6 Å². The van der Waals surface area contributed by atoms with Crippen LogP contribution in [0, 0.1) is 0 Å². The van der Waals surface area contributed by atoms with E-state index in [1.54, 1.807) is 24.3 Å². The van der Waals surface area contributed by atoms with Crippen molar-refractivity contribution in [3.8, 4) is 5.75 Å². The molecule has 1 aromatic rings. The van der Waals surface area contributed by atoms with Gasteiger partial charge in [-0.1, -0.05) is 6.07 Å². The molecule has 114 valence electrons. The van der Waals surface area contributed by atoms with Crippen molar-refractivity contribution in [1.82, 2.24) is 5.32 Å². The highest BCUT2D eigenvalue weighted by Crippen LogP contribution is 2.17. The van der Waals surface area contributed by atoms with Crippen LogP contribution in [0.25, 0.3) is 0 Å². The van der Waals surface area contributed by atoms with Gasteiger partial charge in [-0.25, -0.2) is 4.79 Å². The zero-order valence-corrected chi connectivity index (χ0v) is 11.5. The Morgan fingerprint density at radius 2 is 2.33 bits per heavy atom. The van der Waals surface area contributed by atoms with Crippen molar-refractivity contribution in [2.45, 2.75) is 12.5 Å². The highest BCUT2D eigenvalue weighted by molar-refractivity contribution is 5.91. The minimum Gasteiger partial charge on any atom is -0.482 e. The van der Waals surface area contributed by atoms with Gasteiger partial charge in [0, 0.05) is 24.8 Å². The lowest BCUT2D eigenvalue weighted by Crippen LogP contribution is -2.40. The molecule has 3 N–H and O–H groups in total. The fourth-order valence-corrected chi connectivity index (χ4v) is 1.98. The van der Waals surface area contributed by atoms with Gasteiger partial charge in [-0.15, -0.1) is 0 Å². The molecule has 1 heterocycles. The quantitative estimate of drug-likeness (QED) is 0.705. The van der Waals surface area contributed by atoms with Gasteiger partial charge in [0.1, 0.15) is 5.75 Å². The number of nitrogens with one attached hydrogen (secondary N) is 2. The van der Waals surface area contributed by atoms with Crippen molar-refractivity contribution >= 4 is 17.6 Å². The first-order valence-electron chi connectivity index (χ1n) is 6.70. The molecule has 0 saturated carbocycles. The van der Waals surface area contributed by atoms with Crippen molar-refractivity contribution in [3.63, 3.8) is 0 Å². The smallest absolute Gasteiger partial charge is 0.341 e. The number of aliphatic carboxylic acids is 1. The van der Waals surface area contributed by atoms with Crippen LogP contribution in [0.5, 0.6) is 5.75 Å². The Labute approximate surface area is 122 Å². The average Bonchev–Trinajstić information content (AvgIpc) is 2.46. The standard InChI is InChI=1S/C14H18N2O5/c17-13(7-12-8-15-4-5-20-12)16-10-2-1-3-11(6-10)21-9-14(18)19/h1-3,6,12,15H,4-5,7-9H2,(H,16,17)(H,18,19). The molecule has 2 rings (SSSR count). The van der Waals surface area contributed by atoms with Gasteiger partial charge in [-0.2, -0.15) is 0 Å². The Morgan fingerprint density at radius 3 is 3.05 bits per heavy atom. The molecule has 21 heavy (non-hydrogen) atoms. The van der Waals surface area contributed by atoms with E-state index in [2.05, 4.69) is 10.6 Å². The van der Waals surface area contributed by atoms with Crippen molar-refractivity contribution in [1.29, 1.82) is 0 Å². The fraction of sp³-hybridized carbons (Fsp3) is 0.429. The summed E-state index contributed by atoms with van der Waals surface area (Å²) < 4.78 is 10.5. The third-order valence-electron chi connectivity index (χ3n) is 2.90. The predicted molar refractivity (Wildman–Crippen MR) is 75.4 cm³/mol. The highest BCUT2D eigenvalue weighted by atomic mass is 16.5. The first kappa shape index (κ1) is 15.3. The van der Waals surface area contributed by atoms with E-state index in [4.69, 9.17) is 14.6 Å². The van der Waals surface area contributed by atoms with Crippen LogP contribution in [0.3, 0.4) is 0 Å². The molecule has 7 heteroatoms. The van der Waals surface area contributed by atoms with Crippen LogP contribution in [-0.2, 0) is 14.3 Å². The average molecular weight is 294 g/mol. The number of amides is 1. The van der Waals surface area contributed by atoms with Crippen LogP contribution < -0.4 is 15.4 Å². The minimum atomic E-state index is -1.05. The summed E-state index contributed by atoms with van der Waals surface area (Å²) in [5.41, 5.74) is 0.562. The van der Waals surface area contributed by atoms with Gasteiger partial charge in [-0.05, 0) is 12.1 Å². The third kappa shape index (κ3) is 5.41. The number of carboxylic acids is 1. The van der Waals surface area contributed by atoms with E-state index in [0.717, 1.165) is 6.54 Å². The van der Waals surface area contributed by atoms with Crippen LogP contribution in [0.2, 0.25) is 0 Å². The maximum atomic E-state index is 11.9. The Kier molecular flexibility index (Phi) is 5.53. The summed E-state index contributed by atoms with van der Waals surface area (Å²) in [5.74, 6) is -0.809. The zero-order chi connectivity index (χ0) is 15.1. The van der Waals surface area contributed by atoms with Crippen LogP contribution in [0.4, 0.5) is 5.69 Å². The third-order valence-corrected chi connectivity index (χ3v) is 2.90. The Balaban J connectivity index is 1.85. The second kappa shape index (κ2) is 7.61. The van der Waals surface area contributed by atoms with E-state index in [1.807, 2.05) is 0 Å². The van der Waals surface area contributed by atoms with E-state index in [0.29, 0.717) is 24.6 Å². The molecule has 1 atom stereocenters. The number of morpholine rings is 1. The molecule has 7 nitrogen and oxygen atoms in total. The molecule has 1 amide bonds. The number of carbonyl (C=O) groups excluding carboxylic acids is 1. The molecule has 1 aliphatic rings. The molecule has 0 aromatic heterocycles. The molecule has 1 aliphatic heterocycles. The second-order valence-electron chi connectivity index (χ2n) is 4.66. The normalized spacial score (nSPS) is 18.0. The number of hydrogen-bond acceptors (Lipinski definition) is 5. The first-order chi connectivity index (χ1) is 10.1. The molecule has 0 aliphatic carbocycles. The summed E-state index contributed by atoms with van der Waals surface area (Å²) >= 11 is 0. The SMILES string of the molecule is O=C(O)COc1cccc(NC(=O)CC2CNCCO2)c1. The second-order valence-corrected chi connectivity index (χ2v) is 4.66. The number of hydrogen-bond donors (Lipinski definition) is 3. The van der Waals surface area contributed by atoms with Gasteiger partial charge in [0.15, 0.2) is 6.61 Å². The monoisotopic (exact) mass is 294 g/mol. The van der Waals surface area contributed by atoms with Crippen molar-refractivity contribution in [2.24, 2.45) is 0 Å². The molecule has 1 unspecified atom stereocenters. The number of carbonyl (C=O) groups is 2. The topological polar surface area (TPSA) is 96.9 Å². The van der Waals surface area contributed by atoms with E-state index in [9.17, 15) is 9.59 Å². The maximum absolute atomic E-state index is 11.9. The summed E-state index contributed by atoms with van der Waals surface area (Å²) in [4.78, 5) is 22.3. The lowest BCUT2D eigenvalue weighted by Gasteiger charge is -2.23. The van der Waals surface area contributed by atoms with E-state index >= 15 is 0 Å². The summed E-state index contributed by atoms with van der Waals surface area (Å²) in [6.45, 7) is 1.66. The van der Waals surface area contributed by atoms with E-state index in [-0.39, 0.29) is 18.4 Å². The molecule has 0 radical (unpaired) electrons. The molecular weight excluding hydrogens is 276 g/mol. The van der Waals surface area contributed by atoms with Gasteiger partial charge < -0.3 is 25.2 Å². The van der Waals surface area contributed by atoms with Crippen molar-refractivity contribution in [2.75, 3.05) is 31.6 Å². The molecule has 1 fully saturated rings. The summed E-state index contributed by atoms with van der Waals surface area (Å²) in [6, 6.07) is 6.62. The lowest BCUT2D eigenvalue weighted by atomic mass is 10.2. The van der Waals surface area contributed by atoms with Gasteiger partial charge in [0.25, 0.3) is 0 Å². The largest absolute Gasteiger partial charge is 0.482 e. The first-order valence-corrected chi connectivity index (χ1v) is 6.70. The molecule has 1 saturated heterocycles. The van der Waals surface area contributed by atoms with Gasteiger partial charge >= 0.3 is 5.97 Å². The number of anilines is 1. The van der Waals surface area contributed by atoms with Crippen LogP contribution >= 0.6 is 0 Å². The van der Waals surface area contributed by atoms with Crippen molar-refractivity contribution in [3.05, 3.63) is 24.3 Å². The molecule has 0 bridgehead atoms. The number of ether oxygens (including phenoxy) is 2. The number of benzene rings is 1. The maximum Gasteiger partial charge on any atom is 0.341 e. The number of rotatable bonds is 6. The lowest BCUT2D eigenvalue weighted by molar-refractivity contribution is -0.139. The highest BCUT2D eigenvalue weighted by Gasteiger charge is 2.17. The fourth-order valence-electron chi connectivity index (χ4n) is 1.98. The minimum absolute atomic E-state index is 0.120. The zero-order valence-electron chi connectivity index (χ0n) is 11.5. The number of carboxylic acid groups (broad SMARTS) is 1. The molecule has 1 aromatic carbocycles. The van der Waals surface area contributed by atoms with Crippen molar-refractivity contribution < 1.29 is 24.2 Å². The van der Waals surface area contributed by atoms with Gasteiger partial charge in [0.2, 0.25) is 5.91 Å². The Bertz CT molecular complexity index is 500. The molecule has 0 spiro atoms. The van der Waals surface area contributed by atoms with Crippen LogP contribution in [-0.4, -0.2) is 49.4 Å². The predicted octanol–water partition coefficient (Wildman–Crippen LogP) is 0.467. The summed E-state index contributed by atoms with van der Waals surface area (Å²) in [5, 5.41) is 14.5. The Morgan fingerprint density at radius 1 is 1.48 bits per heavy atom. The van der Waals surface area contributed by atoms with Crippen LogP contribution in [0.15, 0.2) is 24.3 Å². The molecular formula is C14H18N2O5. The van der Waals surface area contributed by atoms with Gasteiger partial charge in [-0.3, -0.25) is 4.79 Å².